The van der Waals surface area contributed by atoms with E-state index in [2.05, 4.69) is 6.92 Å². The first-order valence-corrected chi connectivity index (χ1v) is 12.5. The van der Waals surface area contributed by atoms with Gasteiger partial charge in [0.2, 0.25) is 0 Å². The molecule has 0 bridgehead atoms. The summed E-state index contributed by atoms with van der Waals surface area (Å²) in [5.74, 6) is -6.95. The molecule has 0 radical (unpaired) electrons. The van der Waals surface area contributed by atoms with Gasteiger partial charge in [-0.3, -0.25) is 14.5 Å². The van der Waals surface area contributed by atoms with E-state index in [1.165, 1.54) is 51.7 Å². The van der Waals surface area contributed by atoms with Gasteiger partial charge in [-0.15, -0.1) is 0 Å². The first-order valence-electron chi connectivity index (χ1n) is 12.5. The molecule has 35 heavy (non-hydrogen) atoms. The van der Waals surface area contributed by atoms with Crippen LogP contribution in [0.4, 0.5) is 17.6 Å². The first kappa shape index (κ1) is 28.5. The molecule has 0 heterocycles. The highest BCUT2D eigenvalue weighted by atomic mass is 19.1. The lowest BCUT2D eigenvalue weighted by Gasteiger charge is -2.23. The van der Waals surface area contributed by atoms with Gasteiger partial charge in [0, 0.05) is 6.54 Å². The standard InChI is InChI=1S/C28H35F4NO2/c1-4-5-6-7-8-9-10-11-12-13-18-33(27(34)23-21(29)16-14-19(2)25(23)31)28(35)24-22(30)17-15-20(3)26(24)32/h14-17H,4-13,18H2,1-3H3. The third-order valence-corrected chi connectivity index (χ3v) is 6.22. The van der Waals surface area contributed by atoms with E-state index in [1.54, 1.807) is 0 Å². The highest BCUT2D eigenvalue weighted by Crippen LogP contribution is 2.23. The lowest BCUT2D eigenvalue weighted by atomic mass is 10.0. The van der Waals surface area contributed by atoms with Crippen molar-refractivity contribution in [2.75, 3.05) is 6.54 Å². The lowest BCUT2D eigenvalue weighted by molar-refractivity contribution is 0.0602. The molecule has 0 aliphatic heterocycles. The van der Waals surface area contributed by atoms with Crippen molar-refractivity contribution in [1.82, 2.24) is 4.90 Å². The van der Waals surface area contributed by atoms with Gasteiger partial charge in [0.25, 0.3) is 11.8 Å². The van der Waals surface area contributed by atoms with E-state index in [0.717, 1.165) is 37.8 Å². The van der Waals surface area contributed by atoms with E-state index in [-0.39, 0.29) is 17.7 Å². The summed E-state index contributed by atoms with van der Waals surface area (Å²) in [5, 5.41) is 0. The van der Waals surface area contributed by atoms with E-state index in [1.807, 2.05) is 0 Å². The molecule has 0 saturated carbocycles. The van der Waals surface area contributed by atoms with Crippen LogP contribution in [0.2, 0.25) is 0 Å². The lowest BCUT2D eigenvalue weighted by Crippen LogP contribution is -2.39. The van der Waals surface area contributed by atoms with Crippen LogP contribution in [-0.2, 0) is 0 Å². The minimum atomic E-state index is -1.25. The number of nitrogens with zero attached hydrogens (tertiary/aromatic N) is 1. The molecular weight excluding hydrogens is 458 g/mol. The molecule has 0 aromatic heterocycles. The number of rotatable bonds is 13. The fraction of sp³-hybridized carbons (Fsp3) is 0.500. The fourth-order valence-corrected chi connectivity index (χ4v) is 4.03. The van der Waals surface area contributed by atoms with E-state index in [9.17, 15) is 27.2 Å². The molecule has 2 aromatic rings. The molecule has 0 unspecified atom stereocenters. The molecule has 0 aliphatic carbocycles. The van der Waals surface area contributed by atoms with E-state index in [4.69, 9.17) is 0 Å². The number of carbonyl (C=O) groups is 2. The third kappa shape index (κ3) is 7.64. The summed E-state index contributed by atoms with van der Waals surface area (Å²) >= 11 is 0. The molecular formula is C28H35F4NO2. The highest BCUT2D eigenvalue weighted by molar-refractivity contribution is 6.10. The zero-order chi connectivity index (χ0) is 26.0. The summed E-state index contributed by atoms with van der Waals surface area (Å²) in [6.07, 6.45) is 10.00. The summed E-state index contributed by atoms with van der Waals surface area (Å²) in [6.45, 7) is 4.69. The van der Waals surface area contributed by atoms with Crippen molar-refractivity contribution in [3.05, 3.63) is 69.8 Å². The van der Waals surface area contributed by atoms with Crippen molar-refractivity contribution in [2.45, 2.75) is 85.0 Å². The average Bonchev–Trinajstić information content (AvgIpc) is 2.82. The SMILES string of the molecule is CCCCCCCCCCCCN(C(=O)c1c(F)ccc(C)c1F)C(=O)c1c(F)ccc(C)c1F. The Morgan fingerprint density at radius 2 is 1.00 bits per heavy atom. The Kier molecular flexibility index (Phi) is 11.4. The van der Waals surface area contributed by atoms with Crippen LogP contribution in [0.1, 0.15) is 103 Å². The number of amides is 2. The Morgan fingerprint density at radius 1 is 0.629 bits per heavy atom. The largest absolute Gasteiger partial charge is 0.274 e. The van der Waals surface area contributed by atoms with E-state index >= 15 is 0 Å². The van der Waals surface area contributed by atoms with Gasteiger partial charge in [-0.25, -0.2) is 17.6 Å². The van der Waals surface area contributed by atoms with Crippen LogP contribution in [-0.4, -0.2) is 23.3 Å². The average molecular weight is 494 g/mol. The number of halogens is 4. The highest BCUT2D eigenvalue weighted by Gasteiger charge is 2.32. The zero-order valence-electron chi connectivity index (χ0n) is 20.9. The molecule has 2 rings (SSSR count). The molecule has 0 aliphatic rings. The number of aryl methyl sites for hydroxylation is 2. The maximum Gasteiger partial charge on any atom is 0.266 e. The van der Waals surface area contributed by atoms with Gasteiger partial charge >= 0.3 is 0 Å². The summed E-state index contributed by atoms with van der Waals surface area (Å²) in [5.41, 5.74) is -1.76. The topological polar surface area (TPSA) is 37.4 Å². The zero-order valence-corrected chi connectivity index (χ0v) is 20.9. The van der Waals surface area contributed by atoms with Gasteiger partial charge < -0.3 is 0 Å². The molecule has 0 fully saturated rings. The third-order valence-electron chi connectivity index (χ3n) is 6.22. The van der Waals surface area contributed by atoms with Gasteiger partial charge in [-0.1, -0.05) is 76.8 Å². The number of carbonyl (C=O) groups excluding carboxylic acids is 2. The predicted molar refractivity (Wildman–Crippen MR) is 129 cm³/mol. The van der Waals surface area contributed by atoms with Crippen molar-refractivity contribution in [1.29, 1.82) is 0 Å². The maximum atomic E-state index is 14.7. The van der Waals surface area contributed by atoms with Crippen LogP contribution in [0, 0.1) is 37.1 Å². The predicted octanol–water partition coefficient (Wildman–Crippen LogP) is 8.06. The molecule has 0 spiro atoms. The summed E-state index contributed by atoms with van der Waals surface area (Å²) in [4.78, 5) is 26.8. The Labute approximate surface area is 205 Å². The number of unbranched alkanes of at least 4 members (excludes halogenated alkanes) is 9. The van der Waals surface area contributed by atoms with E-state index in [0.29, 0.717) is 17.7 Å². The Balaban J connectivity index is 2.16. The van der Waals surface area contributed by atoms with Crippen LogP contribution in [0.15, 0.2) is 24.3 Å². The first-order chi connectivity index (χ1) is 16.7. The quantitative estimate of drug-likeness (QED) is 0.161. The van der Waals surface area contributed by atoms with Gasteiger partial charge in [0.05, 0.1) is 0 Å². The van der Waals surface area contributed by atoms with Gasteiger partial charge in [0.1, 0.15) is 34.4 Å². The van der Waals surface area contributed by atoms with Crippen molar-refractivity contribution in [3.8, 4) is 0 Å². The second-order valence-corrected chi connectivity index (χ2v) is 9.05. The number of hydrogen-bond acceptors (Lipinski definition) is 2. The summed E-state index contributed by atoms with van der Waals surface area (Å²) < 4.78 is 58.2. The van der Waals surface area contributed by atoms with Gasteiger partial charge in [0.15, 0.2) is 0 Å². The molecule has 3 nitrogen and oxygen atoms in total. The van der Waals surface area contributed by atoms with Crippen LogP contribution in [0.25, 0.3) is 0 Å². The number of hydrogen-bond donors (Lipinski definition) is 0. The molecule has 192 valence electrons. The number of imide groups is 1. The Morgan fingerprint density at radius 3 is 1.40 bits per heavy atom. The Bertz CT molecular complexity index is 953. The van der Waals surface area contributed by atoms with Gasteiger partial charge in [-0.2, -0.15) is 0 Å². The molecule has 2 aromatic carbocycles. The van der Waals surface area contributed by atoms with Gasteiger partial charge in [-0.05, 0) is 43.5 Å². The van der Waals surface area contributed by atoms with Crippen molar-refractivity contribution >= 4 is 11.8 Å². The molecule has 2 amide bonds. The van der Waals surface area contributed by atoms with Crippen LogP contribution in [0.5, 0.6) is 0 Å². The summed E-state index contributed by atoms with van der Waals surface area (Å²) in [7, 11) is 0. The smallest absolute Gasteiger partial charge is 0.266 e. The minimum absolute atomic E-state index is 0.0222. The normalized spacial score (nSPS) is 11.1. The fourth-order valence-electron chi connectivity index (χ4n) is 4.03. The monoisotopic (exact) mass is 493 g/mol. The van der Waals surface area contributed by atoms with Crippen molar-refractivity contribution in [2.24, 2.45) is 0 Å². The van der Waals surface area contributed by atoms with Crippen LogP contribution >= 0.6 is 0 Å². The summed E-state index contributed by atoms with van der Waals surface area (Å²) in [6, 6.07) is 4.22. The van der Waals surface area contributed by atoms with E-state index < -0.39 is 46.2 Å². The molecule has 0 saturated heterocycles. The van der Waals surface area contributed by atoms with Crippen molar-refractivity contribution < 1.29 is 27.2 Å². The Hall–Kier alpha value is -2.70. The second kappa shape index (κ2) is 14.0. The van der Waals surface area contributed by atoms with Crippen LogP contribution in [0.3, 0.4) is 0 Å². The maximum absolute atomic E-state index is 14.7. The molecule has 0 atom stereocenters. The number of benzene rings is 2. The van der Waals surface area contributed by atoms with Crippen molar-refractivity contribution in [3.63, 3.8) is 0 Å². The minimum Gasteiger partial charge on any atom is -0.274 e. The van der Waals surface area contributed by atoms with Crippen LogP contribution < -0.4 is 0 Å². The molecule has 0 N–H and O–H groups in total. The second-order valence-electron chi connectivity index (χ2n) is 9.05. The molecule has 7 heteroatoms.